The molecule has 1 aliphatic rings. The van der Waals surface area contributed by atoms with Gasteiger partial charge in [0, 0.05) is 38.1 Å². The Hall–Kier alpha value is -1.40. The first kappa shape index (κ1) is 14.0. The molecule has 106 valence electrons. The highest BCUT2D eigenvalue weighted by Crippen LogP contribution is 2.16. The normalized spacial score (nSPS) is 24.1. The third-order valence-electron chi connectivity index (χ3n) is 3.56. The minimum Gasteiger partial charge on any atom is -0.378 e. The van der Waals surface area contributed by atoms with Crippen LogP contribution in [0.25, 0.3) is 0 Å². The molecule has 0 radical (unpaired) electrons. The fourth-order valence-electron chi connectivity index (χ4n) is 2.37. The Kier molecular flexibility index (Phi) is 4.21. The van der Waals surface area contributed by atoms with Crippen molar-refractivity contribution in [1.29, 1.82) is 0 Å². The first-order valence-corrected chi connectivity index (χ1v) is 6.60. The molecule has 2 heterocycles. The maximum atomic E-state index is 12.1. The lowest BCUT2D eigenvalue weighted by Gasteiger charge is -2.19. The Labute approximate surface area is 113 Å². The van der Waals surface area contributed by atoms with Crippen molar-refractivity contribution in [3.05, 3.63) is 17.7 Å². The summed E-state index contributed by atoms with van der Waals surface area (Å²) in [5.74, 6) is 0.182. The molecule has 1 amide bonds. The van der Waals surface area contributed by atoms with Crippen LogP contribution in [0.1, 0.15) is 30.2 Å². The van der Waals surface area contributed by atoms with Gasteiger partial charge in [0.25, 0.3) is 5.91 Å². The zero-order chi connectivity index (χ0) is 14.0. The van der Waals surface area contributed by atoms with E-state index in [2.05, 4.69) is 34.0 Å². The zero-order valence-electron chi connectivity index (χ0n) is 11.9. The summed E-state index contributed by atoms with van der Waals surface area (Å²) in [4.78, 5) is 21.4. The van der Waals surface area contributed by atoms with E-state index in [0.717, 1.165) is 18.8 Å². The van der Waals surface area contributed by atoms with Crippen LogP contribution in [0.15, 0.2) is 6.20 Å². The summed E-state index contributed by atoms with van der Waals surface area (Å²) in [5, 5.41) is 3.00. The van der Waals surface area contributed by atoms with Crippen molar-refractivity contribution in [2.45, 2.75) is 39.0 Å². The van der Waals surface area contributed by atoms with E-state index >= 15 is 0 Å². The maximum absolute atomic E-state index is 12.1. The molecule has 0 spiro atoms. The Morgan fingerprint density at radius 2 is 2.32 bits per heavy atom. The molecule has 1 fully saturated rings. The predicted molar refractivity (Wildman–Crippen MR) is 72.1 cm³/mol. The highest BCUT2D eigenvalue weighted by Gasteiger charge is 2.35. The van der Waals surface area contributed by atoms with Gasteiger partial charge in [-0.1, -0.05) is 0 Å². The molecule has 0 bridgehead atoms. The lowest BCUT2D eigenvalue weighted by atomic mass is 10.2. The Bertz CT molecular complexity index is 444. The minimum absolute atomic E-state index is 0.00491. The molecule has 6 nitrogen and oxygen atoms in total. The molecule has 2 N–H and O–H groups in total. The fraction of sp³-hybridized carbons (Fsp3) is 0.692. The van der Waals surface area contributed by atoms with E-state index in [4.69, 9.17) is 4.74 Å². The lowest BCUT2D eigenvalue weighted by molar-refractivity contribution is 0.0747. The minimum atomic E-state index is -0.175. The highest BCUT2D eigenvalue weighted by molar-refractivity contribution is 5.90. The molecule has 0 saturated carbocycles. The first-order valence-electron chi connectivity index (χ1n) is 6.60. The van der Waals surface area contributed by atoms with Crippen LogP contribution in [0, 0.1) is 6.92 Å². The van der Waals surface area contributed by atoms with Gasteiger partial charge >= 0.3 is 0 Å². The van der Waals surface area contributed by atoms with Crippen molar-refractivity contribution in [3.63, 3.8) is 0 Å². The van der Waals surface area contributed by atoms with Crippen molar-refractivity contribution in [2.75, 3.05) is 20.2 Å². The number of hydrogen-bond acceptors (Lipinski definition) is 4. The van der Waals surface area contributed by atoms with E-state index in [1.165, 1.54) is 0 Å². The first-order chi connectivity index (χ1) is 9.01. The molecule has 2 rings (SSSR count). The third-order valence-corrected chi connectivity index (χ3v) is 3.56. The number of ether oxygens (including phenoxy) is 1. The van der Waals surface area contributed by atoms with Gasteiger partial charge in [0.05, 0.1) is 12.1 Å². The monoisotopic (exact) mass is 266 g/mol. The Balaban J connectivity index is 1.99. The van der Waals surface area contributed by atoms with E-state index in [1.54, 1.807) is 13.3 Å². The molecule has 6 heteroatoms. The number of aryl methyl sites for hydroxylation is 1. The smallest absolute Gasteiger partial charge is 0.287 e. The summed E-state index contributed by atoms with van der Waals surface area (Å²) < 4.78 is 5.46. The number of carbonyl (C=O) groups excluding carboxylic acids is 1. The number of amides is 1. The summed E-state index contributed by atoms with van der Waals surface area (Å²) in [6, 6.07) is 0.454. The SMILES string of the molecule is CO[C@@H]1CN(C(C)C)C[C@H]1NC(=O)c1ncc(C)[nH]1. The number of nitrogens with one attached hydrogen (secondary N) is 2. The van der Waals surface area contributed by atoms with Gasteiger partial charge in [-0.25, -0.2) is 4.98 Å². The zero-order valence-corrected chi connectivity index (χ0v) is 11.9. The average molecular weight is 266 g/mol. The quantitative estimate of drug-likeness (QED) is 0.835. The van der Waals surface area contributed by atoms with Gasteiger partial charge in [0.2, 0.25) is 0 Å². The van der Waals surface area contributed by atoms with Crippen molar-refractivity contribution < 1.29 is 9.53 Å². The molecule has 2 atom stereocenters. The van der Waals surface area contributed by atoms with Crippen molar-refractivity contribution >= 4 is 5.91 Å². The summed E-state index contributed by atoms with van der Waals surface area (Å²) in [5.41, 5.74) is 0.878. The van der Waals surface area contributed by atoms with Crippen LogP contribution in [-0.4, -0.2) is 59.2 Å². The summed E-state index contributed by atoms with van der Waals surface area (Å²) in [6.07, 6.45) is 1.68. The fourth-order valence-corrected chi connectivity index (χ4v) is 2.37. The molecule has 0 aliphatic carbocycles. The summed E-state index contributed by atoms with van der Waals surface area (Å²) >= 11 is 0. The molecular weight excluding hydrogens is 244 g/mol. The number of imidazole rings is 1. The third kappa shape index (κ3) is 3.13. The van der Waals surface area contributed by atoms with Crippen LogP contribution >= 0.6 is 0 Å². The van der Waals surface area contributed by atoms with Gasteiger partial charge in [-0.3, -0.25) is 9.69 Å². The van der Waals surface area contributed by atoms with Gasteiger partial charge in [0.15, 0.2) is 5.82 Å². The van der Waals surface area contributed by atoms with E-state index in [-0.39, 0.29) is 18.1 Å². The second-order valence-electron chi connectivity index (χ2n) is 5.32. The number of hydrogen-bond donors (Lipinski definition) is 2. The Morgan fingerprint density at radius 3 is 2.84 bits per heavy atom. The van der Waals surface area contributed by atoms with E-state index in [1.807, 2.05) is 6.92 Å². The van der Waals surface area contributed by atoms with Crippen LogP contribution in [-0.2, 0) is 4.74 Å². The lowest BCUT2D eigenvalue weighted by Crippen LogP contribution is -2.44. The topological polar surface area (TPSA) is 70.2 Å². The van der Waals surface area contributed by atoms with Crippen LogP contribution in [0.4, 0.5) is 0 Å². The molecule has 1 aromatic heterocycles. The maximum Gasteiger partial charge on any atom is 0.287 e. The number of rotatable bonds is 4. The number of aromatic amines is 1. The largest absolute Gasteiger partial charge is 0.378 e. The number of nitrogens with zero attached hydrogens (tertiary/aromatic N) is 2. The van der Waals surface area contributed by atoms with Gasteiger partial charge in [0.1, 0.15) is 0 Å². The molecule has 0 aromatic carbocycles. The standard InChI is InChI=1S/C13H22N4O2/c1-8(2)17-6-10(11(7-17)19-4)16-13(18)12-14-5-9(3)15-12/h5,8,10-11H,6-7H2,1-4H3,(H,14,15)(H,16,18)/t10-,11-/m1/s1. The number of methoxy groups -OCH3 is 1. The van der Waals surface area contributed by atoms with Crippen LogP contribution in [0.5, 0.6) is 0 Å². The molecule has 0 unspecified atom stereocenters. The van der Waals surface area contributed by atoms with Gasteiger partial charge in [-0.05, 0) is 20.8 Å². The van der Waals surface area contributed by atoms with Crippen LogP contribution in [0.3, 0.4) is 0 Å². The highest BCUT2D eigenvalue weighted by atomic mass is 16.5. The Morgan fingerprint density at radius 1 is 1.58 bits per heavy atom. The predicted octanol–water partition coefficient (Wildman–Crippen LogP) is 0.556. The van der Waals surface area contributed by atoms with Crippen molar-refractivity contribution in [3.8, 4) is 0 Å². The summed E-state index contributed by atoms with van der Waals surface area (Å²) in [7, 11) is 1.69. The summed E-state index contributed by atoms with van der Waals surface area (Å²) in [6.45, 7) is 7.81. The molecular formula is C13H22N4O2. The number of H-pyrrole nitrogens is 1. The second kappa shape index (κ2) is 5.71. The van der Waals surface area contributed by atoms with Crippen LogP contribution < -0.4 is 5.32 Å². The van der Waals surface area contributed by atoms with E-state index in [0.29, 0.717) is 11.9 Å². The number of aromatic nitrogens is 2. The van der Waals surface area contributed by atoms with Gasteiger partial charge in [-0.15, -0.1) is 0 Å². The molecule has 1 saturated heterocycles. The van der Waals surface area contributed by atoms with Crippen LogP contribution in [0.2, 0.25) is 0 Å². The van der Waals surface area contributed by atoms with Gasteiger partial charge in [-0.2, -0.15) is 0 Å². The van der Waals surface area contributed by atoms with E-state index in [9.17, 15) is 4.79 Å². The number of likely N-dealkylation sites (tertiary alicyclic amines) is 1. The molecule has 1 aromatic rings. The van der Waals surface area contributed by atoms with E-state index < -0.39 is 0 Å². The average Bonchev–Trinajstić information content (AvgIpc) is 2.95. The molecule has 19 heavy (non-hydrogen) atoms. The van der Waals surface area contributed by atoms with Gasteiger partial charge < -0.3 is 15.0 Å². The van der Waals surface area contributed by atoms with Crippen molar-refractivity contribution in [2.24, 2.45) is 0 Å². The second-order valence-corrected chi connectivity index (χ2v) is 5.32. The van der Waals surface area contributed by atoms with Crippen molar-refractivity contribution in [1.82, 2.24) is 20.2 Å². The molecule has 1 aliphatic heterocycles. The number of carbonyl (C=O) groups is 1.